The summed E-state index contributed by atoms with van der Waals surface area (Å²) in [6.45, 7) is 2.11. The van der Waals surface area contributed by atoms with Crippen LogP contribution in [-0.4, -0.2) is 63.7 Å². The van der Waals surface area contributed by atoms with Crippen molar-refractivity contribution in [2.75, 3.05) is 18.1 Å². The number of ether oxygens (including phenoxy) is 1. The number of aryl methyl sites for hydroxylation is 1. The van der Waals surface area contributed by atoms with Gasteiger partial charge in [-0.25, -0.2) is 13.6 Å². The van der Waals surface area contributed by atoms with Gasteiger partial charge in [0.15, 0.2) is 0 Å². The number of halogens is 5. The Morgan fingerprint density at radius 1 is 0.894 bits per heavy atom. The summed E-state index contributed by atoms with van der Waals surface area (Å²) in [6, 6.07) is 16.2. The van der Waals surface area contributed by atoms with Gasteiger partial charge in [-0.15, -0.1) is 0 Å². The molecule has 0 aliphatic carbocycles. The molecule has 0 bridgehead atoms. The number of hydrogen-bond donors (Lipinski definition) is 4. The molecule has 3 aromatic carbocycles. The van der Waals surface area contributed by atoms with Crippen molar-refractivity contribution >= 4 is 22.8 Å². The molecule has 0 saturated heterocycles. The molecular weight excluding hydrogens is 645 g/mol. The van der Waals surface area contributed by atoms with E-state index in [0.717, 1.165) is 29.7 Å². The Morgan fingerprint density at radius 2 is 1.55 bits per heavy atom. The number of carbonyl (C=O) groups is 2. The van der Waals surface area contributed by atoms with Gasteiger partial charge < -0.3 is 25.8 Å². The molecular formula is C33H38F5N3O5S. The van der Waals surface area contributed by atoms with E-state index in [1.807, 2.05) is 31.2 Å². The SMILES string of the molecule is CCc1cccc(CNC[C@@H](O)[C@H](Cc2cc(F)cc(F)c2)NC(=O)[C@@H](CS(=O)CCC(F)(F)F)NC(=O)OCc2ccccc2)c1. The Bertz CT molecular complexity index is 1460. The lowest BCUT2D eigenvalue weighted by molar-refractivity contribution is -0.129. The van der Waals surface area contributed by atoms with E-state index in [1.54, 1.807) is 30.3 Å². The number of hydrogen-bond acceptors (Lipinski definition) is 6. The average molecular weight is 684 g/mol. The highest BCUT2D eigenvalue weighted by Gasteiger charge is 2.32. The molecule has 256 valence electrons. The van der Waals surface area contributed by atoms with Crippen molar-refractivity contribution in [1.29, 1.82) is 0 Å². The summed E-state index contributed by atoms with van der Waals surface area (Å²) in [7, 11) is -2.20. The van der Waals surface area contributed by atoms with Crippen molar-refractivity contribution in [3.8, 4) is 0 Å². The summed E-state index contributed by atoms with van der Waals surface area (Å²) in [5.74, 6) is -4.25. The van der Waals surface area contributed by atoms with Crippen molar-refractivity contribution in [2.45, 2.75) is 63.7 Å². The summed E-state index contributed by atoms with van der Waals surface area (Å²) in [5, 5.41) is 19.0. The number of nitrogens with one attached hydrogen (secondary N) is 3. The molecule has 47 heavy (non-hydrogen) atoms. The van der Waals surface area contributed by atoms with Crippen LogP contribution in [0.15, 0.2) is 72.8 Å². The van der Waals surface area contributed by atoms with Gasteiger partial charge in [0.2, 0.25) is 5.91 Å². The Morgan fingerprint density at radius 3 is 2.21 bits per heavy atom. The van der Waals surface area contributed by atoms with Gasteiger partial charge in [0.1, 0.15) is 24.3 Å². The van der Waals surface area contributed by atoms with Crippen molar-refractivity contribution < 1.29 is 45.6 Å². The summed E-state index contributed by atoms with van der Waals surface area (Å²) in [6.07, 6.45) is -7.81. The van der Waals surface area contributed by atoms with E-state index in [4.69, 9.17) is 4.74 Å². The molecule has 3 aromatic rings. The highest BCUT2D eigenvalue weighted by molar-refractivity contribution is 7.85. The number of benzene rings is 3. The van der Waals surface area contributed by atoms with E-state index in [1.165, 1.54) is 0 Å². The molecule has 1 unspecified atom stereocenters. The molecule has 2 amide bonds. The van der Waals surface area contributed by atoms with Gasteiger partial charge in [-0.1, -0.05) is 61.5 Å². The zero-order valence-corrected chi connectivity index (χ0v) is 26.5. The van der Waals surface area contributed by atoms with Crippen molar-refractivity contribution in [1.82, 2.24) is 16.0 Å². The lowest BCUT2D eigenvalue weighted by Crippen LogP contribution is -2.56. The van der Waals surface area contributed by atoms with E-state index in [-0.39, 0.29) is 25.1 Å². The number of aliphatic hydroxyl groups is 1. The first-order valence-corrected chi connectivity index (χ1v) is 16.4. The van der Waals surface area contributed by atoms with Crippen LogP contribution >= 0.6 is 0 Å². The number of amides is 2. The van der Waals surface area contributed by atoms with E-state index in [9.17, 15) is 40.9 Å². The molecule has 0 spiro atoms. The van der Waals surface area contributed by atoms with Crippen LogP contribution in [0.25, 0.3) is 0 Å². The lowest BCUT2D eigenvalue weighted by Gasteiger charge is -2.27. The number of aliphatic hydroxyl groups excluding tert-OH is 1. The number of rotatable bonds is 17. The quantitative estimate of drug-likeness (QED) is 0.153. The number of alkyl carbamates (subject to hydrolysis) is 1. The maximum absolute atomic E-state index is 14.0. The van der Waals surface area contributed by atoms with E-state index >= 15 is 0 Å². The molecule has 4 atom stereocenters. The Kier molecular flexibility index (Phi) is 14.8. The van der Waals surface area contributed by atoms with Crippen LogP contribution < -0.4 is 16.0 Å². The minimum absolute atomic E-state index is 0.0756. The Hall–Kier alpha value is -3.88. The molecule has 0 radical (unpaired) electrons. The van der Waals surface area contributed by atoms with Gasteiger partial charge >= 0.3 is 12.3 Å². The predicted molar refractivity (Wildman–Crippen MR) is 168 cm³/mol. The van der Waals surface area contributed by atoms with Crippen molar-refractivity contribution in [3.05, 3.63) is 107 Å². The first-order chi connectivity index (χ1) is 22.3. The monoisotopic (exact) mass is 683 g/mol. The van der Waals surface area contributed by atoms with Crippen LogP contribution in [0.5, 0.6) is 0 Å². The molecule has 4 N–H and O–H groups in total. The molecule has 0 aliphatic rings. The van der Waals surface area contributed by atoms with Gasteiger partial charge in [0, 0.05) is 35.7 Å². The summed E-state index contributed by atoms with van der Waals surface area (Å²) in [4.78, 5) is 26.1. The first kappa shape index (κ1) is 37.6. The Balaban J connectivity index is 1.76. The Labute approximate surface area is 272 Å². The fourth-order valence-electron chi connectivity index (χ4n) is 4.60. The van der Waals surface area contributed by atoms with Gasteiger partial charge in [0.25, 0.3) is 0 Å². The second kappa shape index (κ2) is 18.5. The first-order valence-electron chi connectivity index (χ1n) is 14.9. The van der Waals surface area contributed by atoms with Gasteiger partial charge in [0.05, 0.1) is 24.3 Å². The third-order valence-electron chi connectivity index (χ3n) is 7.04. The second-order valence-electron chi connectivity index (χ2n) is 10.9. The largest absolute Gasteiger partial charge is 0.445 e. The molecule has 8 nitrogen and oxygen atoms in total. The van der Waals surface area contributed by atoms with Crippen LogP contribution in [0.4, 0.5) is 26.7 Å². The third-order valence-corrected chi connectivity index (χ3v) is 8.40. The number of alkyl halides is 3. The lowest BCUT2D eigenvalue weighted by atomic mass is 10.00. The minimum atomic E-state index is -4.59. The smallest absolute Gasteiger partial charge is 0.408 e. The second-order valence-corrected chi connectivity index (χ2v) is 12.5. The molecule has 14 heteroatoms. The standard InChI is InChI=1S/C33H38F5N3O5S/c1-2-22-9-6-10-24(13-22)18-39-19-30(42)28(16-25-14-26(34)17-27(35)15-25)40-31(43)29(21-47(45)12-11-33(36,37)38)41-32(44)46-20-23-7-4-3-5-8-23/h3-10,13-15,17,28-30,39,42H,2,11-12,16,18-21H2,1H3,(H,40,43)(H,41,44)/t28-,29+,30+,47?/m0/s1. The van der Waals surface area contributed by atoms with Gasteiger partial charge in [-0.2, -0.15) is 13.2 Å². The van der Waals surface area contributed by atoms with E-state index in [2.05, 4.69) is 16.0 Å². The van der Waals surface area contributed by atoms with Crippen molar-refractivity contribution in [2.24, 2.45) is 0 Å². The third kappa shape index (κ3) is 14.2. The summed E-state index contributed by atoms with van der Waals surface area (Å²) >= 11 is 0. The maximum atomic E-state index is 14.0. The molecule has 3 rings (SSSR count). The molecule has 0 heterocycles. The maximum Gasteiger partial charge on any atom is 0.408 e. The average Bonchev–Trinajstić information content (AvgIpc) is 3.02. The predicted octanol–water partition coefficient (Wildman–Crippen LogP) is 4.70. The fraction of sp³-hybridized carbons (Fsp3) is 0.394. The zero-order valence-electron chi connectivity index (χ0n) is 25.7. The zero-order chi connectivity index (χ0) is 34.4. The van der Waals surface area contributed by atoms with Crippen LogP contribution in [-0.2, 0) is 46.3 Å². The number of carbonyl (C=O) groups excluding carboxylic acids is 2. The fourth-order valence-corrected chi connectivity index (χ4v) is 5.84. The van der Waals surface area contributed by atoms with Crippen LogP contribution in [0, 0.1) is 11.6 Å². The van der Waals surface area contributed by atoms with Crippen molar-refractivity contribution in [3.63, 3.8) is 0 Å². The van der Waals surface area contributed by atoms with Crippen LogP contribution in [0.2, 0.25) is 0 Å². The van der Waals surface area contributed by atoms with Gasteiger partial charge in [-0.05, 0) is 47.2 Å². The molecule has 0 fully saturated rings. The highest BCUT2D eigenvalue weighted by Crippen LogP contribution is 2.20. The molecule has 0 aliphatic heterocycles. The molecule has 0 saturated carbocycles. The van der Waals surface area contributed by atoms with E-state index < -0.39 is 76.7 Å². The highest BCUT2D eigenvalue weighted by atomic mass is 32.2. The summed E-state index contributed by atoms with van der Waals surface area (Å²) in [5.41, 5.74) is 2.76. The van der Waals surface area contributed by atoms with E-state index in [0.29, 0.717) is 18.2 Å². The minimum Gasteiger partial charge on any atom is -0.445 e. The summed E-state index contributed by atoms with van der Waals surface area (Å²) < 4.78 is 84.0. The topological polar surface area (TPSA) is 117 Å². The van der Waals surface area contributed by atoms with Gasteiger partial charge in [-0.3, -0.25) is 9.00 Å². The van der Waals surface area contributed by atoms with Crippen LogP contribution in [0.3, 0.4) is 0 Å². The normalized spacial score (nSPS) is 14.1. The molecule has 0 aromatic heterocycles. The van der Waals surface area contributed by atoms with Crippen LogP contribution in [0.1, 0.15) is 35.6 Å².